The number of hydrogen-bond donors (Lipinski definition) is 0. The summed E-state index contributed by atoms with van der Waals surface area (Å²) in [6, 6.07) is 9.29. The Labute approximate surface area is 168 Å². The van der Waals surface area contributed by atoms with Gasteiger partial charge in [0, 0.05) is 36.6 Å². The Bertz CT molecular complexity index is 928. The first kappa shape index (κ1) is 19.3. The largest absolute Gasteiger partial charge is 0.481 e. The van der Waals surface area contributed by atoms with Crippen LogP contribution < -0.4 is 9.64 Å². The molecule has 152 valence electrons. The highest BCUT2D eigenvalue weighted by Gasteiger charge is 2.43. The predicted molar refractivity (Wildman–Crippen MR) is 103 cm³/mol. The summed E-state index contributed by atoms with van der Waals surface area (Å²) in [5.41, 5.74) is 0.515. The summed E-state index contributed by atoms with van der Waals surface area (Å²) in [6.45, 7) is 1.32. The van der Waals surface area contributed by atoms with Crippen molar-refractivity contribution in [1.82, 2.24) is 9.88 Å². The van der Waals surface area contributed by atoms with Gasteiger partial charge in [-0.05, 0) is 37.1 Å². The minimum absolute atomic E-state index is 0.0496. The molecule has 2 aliphatic heterocycles. The number of carbonyl (C=O) groups excluding carboxylic acids is 2. The maximum absolute atomic E-state index is 13.6. The lowest BCUT2D eigenvalue weighted by molar-refractivity contribution is -0.143. The number of nitrogens with zero attached hydrogens (tertiary/aromatic N) is 3. The molecule has 0 radical (unpaired) electrons. The van der Waals surface area contributed by atoms with Crippen molar-refractivity contribution in [2.45, 2.75) is 18.4 Å². The molecule has 1 aromatic carbocycles. The Morgan fingerprint density at radius 1 is 1.24 bits per heavy atom. The van der Waals surface area contributed by atoms with Crippen LogP contribution in [0.3, 0.4) is 0 Å². The lowest BCUT2D eigenvalue weighted by atomic mass is 9.88. The van der Waals surface area contributed by atoms with Crippen LogP contribution in [0.25, 0.3) is 0 Å². The number of pyridine rings is 1. The number of likely N-dealkylation sites (tertiary alicyclic amines) is 1. The number of rotatable bonds is 3. The van der Waals surface area contributed by atoms with Crippen LogP contribution in [0.2, 0.25) is 0 Å². The van der Waals surface area contributed by atoms with E-state index in [0.717, 1.165) is 0 Å². The van der Waals surface area contributed by atoms with Crippen LogP contribution in [0, 0.1) is 5.82 Å². The molecule has 1 spiro atoms. The van der Waals surface area contributed by atoms with E-state index in [1.54, 1.807) is 40.3 Å². The number of piperidine rings is 1. The van der Waals surface area contributed by atoms with E-state index >= 15 is 0 Å². The third-order valence-corrected chi connectivity index (χ3v) is 5.52. The molecule has 0 bridgehead atoms. The fourth-order valence-electron chi connectivity index (χ4n) is 3.85. The lowest BCUT2D eigenvalue weighted by Gasteiger charge is -2.47. The van der Waals surface area contributed by atoms with Crippen LogP contribution in [-0.4, -0.2) is 60.7 Å². The van der Waals surface area contributed by atoms with E-state index in [4.69, 9.17) is 9.47 Å². The third-order valence-electron chi connectivity index (χ3n) is 5.52. The van der Waals surface area contributed by atoms with E-state index in [2.05, 4.69) is 4.98 Å². The van der Waals surface area contributed by atoms with Crippen LogP contribution in [-0.2, 0) is 9.53 Å². The molecular formula is C21H22FN3O4. The second kappa shape index (κ2) is 7.79. The highest BCUT2D eigenvalue weighted by Crippen LogP contribution is 2.33. The lowest BCUT2D eigenvalue weighted by Crippen LogP contribution is -2.59. The van der Waals surface area contributed by atoms with Gasteiger partial charge in [0.2, 0.25) is 5.88 Å². The molecule has 0 N–H and O–H groups in total. The van der Waals surface area contributed by atoms with Crippen LogP contribution >= 0.6 is 0 Å². The van der Waals surface area contributed by atoms with Gasteiger partial charge in [0.1, 0.15) is 12.4 Å². The Morgan fingerprint density at radius 3 is 2.76 bits per heavy atom. The predicted octanol–water partition coefficient (Wildman–Crippen LogP) is 2.27. The van der Waals surface area contributed by atoms with E-state index < -0.39 is 5.60 Å². The van der Waals surface area contributed by atoms with Crippen LogP contribution in [0.5, 0.6) is 5.88 Å². The smallest absolute Gasteiger partial charge is 0.254 e. The molecule has 1 aromatic heterocycles. The van der Waals surface area contributed by atoms with E-state index in [1.165, 1.54) is 19.2 Å². The Balaban J connectivity index is 1.45. The molecule has 2 aliphatic rings. The number of benzene rings is 1. The fraction of sp³-hybridized carbons (Fsp3) is 0.381. The van der Waals surface area contributed by atoms with Gasteiger partial charge in [-0.2, -0.15) is 0 Å². The van der Waals surface area contributed by atoms with E-state index in [1.807, 2.05) is 0 Å². The summed E-state index contributed by atoms with van der Waals surface area (Å²) in [4.78, 5) is 32.5. The van der Waals surface area contributed by atoms with Crippen molar-refractivity contribution >= 4 is 17.5 Å². The molecule has 2 aromatic rings. The van der Waals surface area contributed by atoms with Crippen molar-refractivity contribution in [2.75, 3.05) is 38.3 Å². The minimum Gasteiger partial charge on any atom is -0.481 e. The summed E-state index contributed by atoms with van der Waals surface area (Å²) < 4.78 is 24.6. The molecule has 2 fully saturated rings. The van der Waals surface area contributed by atoms with Crippen LogP contribution in [0.15, 0.2) is 42.6 Å². The Hall–Kier alpha value is -3.00. The fourth-order valence-corrected chi connectivity index (χ4v) is 3.85. The molecule has 2 amide bonds. The molecule has 7 nitrogen and oxygen atoms in total. The first-order valence-electron chi connectivity index (χ1n) is 9.49. The molecule has 0 aliphatic carbocycles. The van der Waals surface area contributed by atoms with Gasteiger partial charge in [0.25, 0.3) is 11.8 Å². The number of aromatic nitrogens is 1. The van der Waals surface area contributed by atoms with E-state index in [0.29, 0.717) is 49.6 Å². The molecule has 3 heterocycles. The number of anilines is 1. The topological polar surface area (TPSA) is 72.0 Å². The monoisotopic (exact) mass is 399 g/mol. The maximum Gasteiger partial charge on any atom is 0.254 e. The number of ether oxygens (including phenoxy) is 2. The first-order valence-corrected chi connectivity index (χ1v) is 9.49. The van der Waals surface area contributed by atoms with Crippen molar-refractivity contribution in [3.05, 3.63) is 54.0 Å². The van der Waals surface area contributed by atoms with Crippen molar-refractivity contribution in [3.8, 4) is 5.88 Å². The normalized spacial score (nSPS) is 18.8. The van der Waals surface area contributed by atoms with Crippen molar-refractivity contribution in [2.24, 2.45) is 0 Å². The zero-order valence-electron chi connectivity index (χ0n) is 16.1. The molecule has 2 saturated heterocycles. The van der Waals surface area contributed by atoms with Gasteiger partial charge in [-0.15, -0.1) is 0 Å². The van der Waals surface area contributed by atoms with Crippen LogP contribution in [0.4, 0.5) is 10.1 Å². The molecule has 8 heteroatoms. The van der Waals surface area contributed by atoms with Gasteiger partial charge in [-0.25, -0.2) is 9.37 Å². The third kappa shape index (κ3) is 3.93. The standard InChI is InChI=1S/C21H22FN3O4/c1-28-18-11-15(5-8-23-18)20(27)24-9-6-21(7-10-24)14-25(19(26)13-29-21)17-4-2-3-16(22)12-17/h2-5,8,11-12H,6-7,9-10,13-14H2,1H3. The minimum atomic E-state index is -0.535. The SMILES string of the molecule is COc1cc(C(=O)N2CCC3(CC2)CN(c2cccc(F)c2)C(=O)CO3)ccn1. The molecule has 0 atom stereocenters. The summed E-state index contributed by atoms with van der Waals surface area (Å²) in [6.07, 6.45) is 2.74. The van der Waals surface area contributed by atoms with Crippen LogP contribution in [0.1, 0.15) is 23.2 Å². The zero-order valence-corrected chi connectivity index (χ0v) is 16.1. The van der Waals surface area contributed by atoms with E-state index in [9.17, 15) is 14.0 Å². The zero-order chi connectivity index (χ0) is 20.4. The number of methoxy groups -OCH3 is 1. The Kier molecular flexibility index (Phi) is 5.19. The van der Waals surface area contributed by atoms with Gasteiger partial charge in [-0.3, -0.25) is 9.59 Å². The summed E-state index contributed by atoms with van der Waals surface area (Å²) in [7, 11) is 1.51. The molecule has 29 heavy (non-hydrogen) atoms. The highest BCUT2D eigenvalue weighted by molar-refractivity contribution is 5.95. The van der Waals surface area contributed by atoms with Crippen molar-refractivity contribution in [3.63, 3.8) is 0 Å². The molecule has 4 rings (SSSR count). The van der Waals surface area contributed by atoms with Crippen molar-refractivity contribution < 1.29 is 23.5 Å². The second-order valence-corrected chi connectivity index (χ2v) is 7.31. The molecule has 0 saturated carbocycles. The van der Waals surface area contributed by atoms with Crippen molar-refractivity contribution in [1.29, 1.82) is 0 Å². The number of morpholine rings is 1. The first-order chi connectivity index (χ1) is 14.0. The van der Waals surface area contributed by atoms with Gasteiger partial charge >= 0.3 is 0 Å². The molecular weight excluding hydrogens is 377 g/mol. The summed E-state index contributed by atoms with van der Waals surface area (Å²) >= 11 is 0. The highest BCUT2D eigenvalue weighted by atomic mass is 19.1. The number of amides is 2. The average molecular weight is 399 g/mol. The number of hydrogen-bond acceptors (Lipinski definition) is 5. The molecule has 0 unspecified atom stereocenters. The van der Waals surface area contributed by atoms with Gasteiger partial charge in [0.15, 0.2) is 0 Å². The summed E-state index contributed by atoms with van der Waals surface area (Å²) in [5, 5.41) is 0. The second-order valence-electron chi connectivity index (χ2n) is 7.31. The van der Waals surface area contributed by atoms with Gasteiger partial charge in [-0.1, -0.05) is 6.07 Å². The van der Waals surface area contributed by atoms with Gasteiger partial charge in [0.05, 0.1) is 19.3 Å². The maximum atomic E-state index is 13.6. The van der Waals surface area contributed by atoms with Gasteiger partial charge < -0.3 is 19.3 Å². The van der Waals surface area contributed by atoms with E-state index in [-0.39, 0.29) is 24.2 Å². The average Bonchev–Trinajstić information content (AvgIpc) is 2.76. The number of carbonyl (C=O) groups is 2. The Morgan fingerprint density at radius 2 is 2.03 bits per heavy atom. The number of halogens is 1. The quantitative estimate of drug-likeness (QED) is 0.792. The summed E-state index contributed by atoms with van der Waals surface area (Å²) in [5.74, 6) is -0.272.